The monoisotopic (exact) mass is 200 g/mol. The molecule has 2 N–H and O–H groups in total. The Bertz CT molecular complexity index is 274. The van der Waals surface area contributed by atoms with Gasteiger partial charge >= 0.3 is 0 Å². The SMILES string of the molecule is CC(N)(C#N)CSc1nncs1. The summed E-state index contributed by atoms with van der Waals surface area (Å²) < 4.78 is 0.849. The van der Waals surface area contributed by atoms with E-state index in [1.807, 2.05) is 6.07 Å². The summed E-state index contributed by atoms with van der Waals surface area (Å²) in [4.78, 5) is 0. The van der Waals surface area contributed by atoms with Crippen LogP contribution in [-0.2, 0) is 0 Å². The Morgan fingerprint density at radius 3 is 3.17 bits per heavy atom. The Morgan fingerprint density at radius 1 is 1.92 bits per heavy atom. The van der Waals surface area contributed by atoms with Crippen LogP contribution < -0.4 is 5.73 Å². The second-order valence-corrected chi connectivity index (χ2v) is 4.58. The molecule has 1 atom stereocenters. The van der Waals surface area contributed by atoms with Crippen molar-refractivity contribution in [1.82, 2.24) is 10.2 Å². The summed E-state index contributed by atoms with van der Waals surface area (Å²) >= 11 is 2.91. The van der Waals surface area contributed by atoms with Crippen molar-refractivity contribution in [3.63, 3.8) is 0 Å². The number of hydrogen-bond donors (Lipinski definition) is 1. The molecule has 0 aliphatic heterocycles. The van der Waals surface area contributed by atoms with Gasteiger partial charge in [-0.1, -0.05) is 23.1 Å². The van der Waals surface area contributed by atoms with Gasteiger partial charge in [-0.2, -0.15) is 5.26 Å². The third kappa shape index (κ3) is 2.77. The Hall–Kier alpha value is -0.640. The van der Waals surface area contributed by atoms with Crippen LogP contribution in [0.25, 0.3) is 0 Å². The number of nitrogens with two attached hydrogens (primary N) is 1. The molecular formula is C6H8N4S2. The molecule has 1 aromatic rings. The molecule has 1 heterocycles. The zero-order chi connectivity index (χ0) is 9.03. The smallest absolute Gasteiger partial charge is 0.174 e. The minimum atomic E-state index is -0.781. The summed E-state index contributed by atoms with van der Waals surface area (Å²) in [6.07, 6.45) is 0. The lowest BCUT2D eigenvalue weighted by Crippen LogP contribution is -2.36. The summed E-state index contributed by atoms with van der Waals surface area (Å²) in [5.41, 5.74) is 6.48. The molecule has 1 rings (SSSR count). The Kier molecular flexibility index (Phi) is 3.03. The lowest BCUT2D eigenvalue weighted by Gasteiger charge is -2.12. The van der Waals surface area contributed by atoms with Crippen LogP contribution in [0, 0.1) is 11.3 Å². The quantitative estimate of drug-likeness (QED) is 0.733. The van der Waals surface area contributed by atoms with Crippen LogP contribution in [0.5, 0.6) is 0 Å². The first-order valence-corrected chi connectivity index (χ1v) is 5.10. The van der Waals surface area contributed by atoms with E-state index in [0.717, 1.165) is 4.34 Å². The molecule has 0 radical (unpaired) electrons. The number of nitrogens with zero attached hydrogens (tertiary/aromatic N) is 3. The minimum Gasteiger partial charge on any atom is -0.313 e. The van der Waals surface area contributed by atoms with Crippen LogP contribution >= 0.6 is 23.1 Å². The molecule has 0 fully saturated rings. The largest absolute Gasteiger partial charge is 0.313 e. The van der Waals surface area contributed by atoms with Gasteiger partial charge in [0, 0.05) is 5.75 Å². The fourth-order valence-corrected chi connectivity index (χ4v) is 1.92. The molecule has 4 nitrogen and oxygen atoms in total. The Balaban J connectivity index is 2.42. The van der Waals surface area contributed by atoms with E-state index in [0.29, 0.717) is 5.75 Å². The third-order valence-electron chi connectivity index (χ3n) is 1.09. The second-order valence-electron chi connectivity index (χ2n) is 2.52. The molecule has 1 unspecified atom stereocenters. The predicted molar refractivity (Wildman–Crippen MR) is 48.8 cm³/mol. The van der Waals surface area contributed by atoms with Crippen molar-refractivity contribution in [3.8, 4) is 6.07 Å². The topological polar surface area (TPSA) is 75.6 Å². The van der Waals surface area contributed by atoms with Crippen LogP contribution in [-0.4, -0.2) is 21.5 Å². The number of rotatable bonds is 3. The van der Waals surface area contributed by atoms with Gasteiger partial charge in [-0.15, -0.1) is 10.2 Å². The van der Waals surface area contributed by atoms with Crippen molar-refractivity contribution in [1.29, 1.82) is 5.26 Å². The van der Waals surface area contributed by atoms with Gasteiger partial charge in [0.05, 0.1) is 6.07 Å². The molecule has 6 heteroatoms. The van der Waals surface area contributed by atoms with Crippen molar-refractivity contribution in [2.75, 3.05) is 5.75 Å². The summed E-state index contributed by atoms with van der Waals surface area (Å²) in [5.74, 6) is 0.540. The molecule has 12 heavy (non-hydrogen) atoms. The zero-order valence-electron chi connectivity index (χ0n) is 6.52. The fourth-order valence-electron chi connectivity index (χ4n) is 0.470. The maximum atomic E-state index is 8.60. The van der Waals surface area contributed by atoms with Gasteiger partial charge < -0.3 is 5.73 Å². The molecule has 0 saturated heterocycles. The average Bonchev–Trinajstić information content (AvgIpc) is 2.53. The van der Waals surface area contributed by atoms with E-state index in [1.165, 1.54) is 23.1 Å². The van der Waals surface area contributed by atoms with E-state index >= 15 is 0 Å². The fraction of sp³-hybridized carbons (Fsp3) is 0.500. The van der Waals surface area contributed by atoms with E-state index in [2.05, 4.69) is 10.2 Å². The van der Waals surface area contributed by atoms with Crippen molar-refractivity contribution in [2.45, 2.75) is 16.8 Å². The summed E-state index contributed by atoms with van der Waals surface area (Å²) in [6, 6.07) is 2.02. The van der Waals surface area contributed by atoms with Crippen molar-refractivity contribution in [3.05, 3.63) is 5.51 Å². The van der Waals surface area contributed by atoms with Crippen LogP contribution in [0.15, 0.2) is 9.85 Å². The average molecular weight is 200 g/mol. The first-order valence-electron chi connectivity index (χ1n) is 3.23. The van der Waals surface area contributed by atoms with Crippen molar-refractivity contribution in [2.24, 2.45) is 5.73 Å². The van der Waals surface area contributed by atoms with Crippen molar-refractivity contribution < 1.29 is 0 Å². The lowest BCUT2D eigenvalue weighted by molar-refractivity contribution is 0.682. The molecule has 0 amide bonds. The molecule has 64 valence electrons. The van der Waals surface area contributed by atoms with Gasteiger partial charge in [-0.25, -0.2) is 0 Å². The summed E-state index contributed by atoms with van der Waals surface area (Å²) in [7, 11) is 0. The highest BCUT2D eigenvalue weighted by molar-refractivity contribution is 8.01. The number of nitriles is 1. The molecule has 0 aliphatic carbocycles. The van der Waals surface area contributed by atoms with E-state index in [-0.39, 0.29) is 0 Å². The Morgan fingerprint density at radius 2 is 2.67 bits per heavy atom. The molecule has 1 aromatic heterocycles. The van der Waals surface area contributed by atoms with Gasteiger partial charge in [0.2, 0.25) is 0 Å². The van der Waals surface area contributed by atoms with Crippen LogP contribution in [0.2, 0.25) is 0 Å². The maximum absolute atomic E-state index is 8.60. The van der Waals surface area contributed by atoms with Gasteiger partial charge in [0.15, 0.2) is 4.34 Å². The summed E-state index contributed by atoms with van der Waals surface area (Å²) in [5, 5.41) is 16.1. The molecule has 0 aromatic carbocycles. The van der Waals surface area contributed by atoms with E-state index in [1.54, 1.807) is 12.4 Å². The van der Waals surface area contributed by atoms with Gasteiger partial charge in [0.1, 0.15) is 11.0 Å². The van der Waals surface area contributed by atoms with Crippen LogP contribution in [0.4, 0.5) is 0 Å². The number of aromatic nitrogens is 2. The second kappa shape index (κ2) is 3.85. The molecular weight excluding hydrogens is 192 g/mol. The Labute approximate surface area is 78.8 Å². The highest BCUT2D eigenvalue weighted by atomic mass is 32.2. The number of thioether (sulfide) groups is 1. The predicted octanol–water partition coefficient (Wildman–Crippen LogP) is 0.871. The third-order valence-corrected chi connectivity index (χ3v) is 3.29. The van der Waals surface area contributed by atoms with Crippen molar-refractivity contribution >= 4 is 23.1 Å². The lowest BCUT2D eigenvalue weighted by atomic mass is 10.1. The molecule has 0 spiro atoms. The van der Waals surface area contributed by atoms with Gasteiger partial charge in [0.25, 0.3) is 0 Å². The zero-order valence-corrected chi connectivity index (χ0v) is 8.15. The van der Waals surface area contributed by atoms with E-state index in [4.69, 9.17) is 11.0 Å². The molecule has 0 aliphatic rings. The highest BCUT2D eigenvalue weighted by Gasteiger charge is 2.17. The first-order chi connectivity index (χ1) is 5.64. The van der Waals surface area contributed by atoms with Gasteiger partial charge in [-0.05, 0) is 6.92 Å². The highest BCUT2D eigenvalue weighted by Crippen LogP contribution is 2.21. The molecule has 0 saturated carbocycles. The van der Waals surface area contributed by atoms with E-state index < -0.39 is 5.54 Å². The van der Waals surface area contributed by atoms with Crippen LogP contribution in [0.1, 0.15) is 6.92 Å². The minimum absolute atomic E-state index is 0.540. The van der Waals surface area contributed by atoms with Crippen LogP contribution in [0.3, 0.4) is 0 Å². The van der Waals surface area contributed by atoms with E-state index in [9.17, 15) is 0 Å². The number of hydrogen-bond acceptors (Lipinski definition) is 6. The summed E-state index contributed by atoms with van der Waals surface area (Å²) in [6.45, 7) is 1.70. The normalized spacial score (nSPS) is 15.1. The maximum Gasteiger partial charge on any atom is 0.174 e. The first kappa shape index (κ1) is 9.45. The standard InChI is InChI=1S/C6H8N4S2/c1-6(8,2-7)3-11-5-10-9-4-12-5/h4H,3,8H2,1H3. The molecule has 0 bridgehead atoms. The van der Waals surface area contributed by atoms with Gasteiger partial charge in [-0.3, -0.25) is 0 Å².